The van der Waals surface area contributed by atoms with Crippen molar-refractivity contribution >= 4 is 17.4 Å². The van der Waals surface area contributed by atoms with E-state index in [0.717, 1.165) is 25.2 Å². The number of amides is 1. The highest BCUT2D eigenvalue weighted by Gasteiger charge is 2.20. The van der Waals surface area contributed by atoms with Crippen molar-refractivity contribution in [2.45, 2.75) is 33.1 Å². The van der Waals surface area contributed by atoms with E-state index < -0.39 is 0 Å². The van der Waals surface area contributed by atoms with Gasteiger partial charge in [0.25, 0.3) is 0 Å². The predicted octanol–water partition coefficient (Wildman–Crippen LogP) is 2.95. The fourth-order valence-corrected chi connectivity index (χ4v) is 2.74. The molecule has 1 heterocycles. The maximum atomic E-state index is 12.1. The lowest BCUT2D eigenvalue weighted by Gasteiger charge is -2.31. The number of anilines is 1. The molecule has 1 unspecified atom stereocenters. The van der Waals surface area contributed by atoms with E-state index in [1.807, 2.05) is 23.1 Å². The molecule has 1 saturated heterocycles. The third kappa shape index (κ3) is 4.59. The number of hydrogen-bond acceptors (Lipinski definition) is 3. The first-order valence-electron chi connectivity index (χ1n) is 7.69. The molecule has 1 fully saturated rings. The number of Topliss-reactive ketones (excluding diaryl/α,β-unsaturated/α-hetero) is 1. The van der Waals surface area contributed by atoms with Gasteiger partial charge < -0.3 is 10.2 Å². The second-order valence-electron chi connectivity index (χ2n) is 5.90. The Hall–Kier alpha value is -1.84. The largest absolute Gasteiger partial charge is 0.385 e. The summed E-state index contributed by atoms with van der Waals surface area (Å²) in [7, 11) is 0. The summed E-state index contributed by atoms with van der Waals surface area (Å²) in [5, 5.41) is 3.22. The second-order valence-corrected chi connectivity index (χ2v) is 5.90. The van der Waals surface area contributed by atoms with Crippen molar-refractivity contribution in [3.63, 3.8) is 0 Å². The van der Waals surface area contributed by atoms with Crippen molar-refractivity contribution in [1.82, 2.24) is 4.90 Å². The van der Waals surface area contributed by atoms with Crippen LogP contribution < -0.4 is 5.32 Å². The number of piperidine rings is 1. The van der Waals surface area contributed by atoms with Crippen molar-refractivity contribution in [3.8, 4) is 0 Å². The van der Waals surface area contributed by atoms with Gasteiger partial charge in [-0.25, -0.2) is 0 Å². The number of carbonyl (C=O) groups is 2. The van der Waals surface area contributed by atoms with Gasteiger partial charge in [-0.2, -0.15) is 0 Å². The number of benzene rings is 1. The van der Waals surface area contributed by atoms with E-state index in [-0.39, 0.29) is 11.7 Å². The number of nitrogens with zero attached hydrogens (tertiary/aromatic N) is 1. The van der Waals surface area contributed by atoms with E-state index in [1.165, 1.54) is 6.42 Å². The van der Waals surface area contributed by atoms with Crippen LogP contribution in [-0.4, -0.2) is 36.2 Å². The van der Waals surface area contributed by atoms with Crippen LogP contribution in [0, 0.1) is 5.92 Å². The summed E-state index contributed by atoms with van der Waals surface area (Å²) in [6.07, 6.45) is 2.83. The van der Waals surface area contributed by atoms with Crippen molar-refractivity contribution in [3.05, 3.63) is 29.8 Å². The molecule has 1 aliphatic heterocycles. The zero-order valence-electron chi connectivity index (χ0n) is 12.9. The Kier molecular flexibility index (Phi) is 5.37. The van der Waals surface area contributed by atoms with E-state index >= 15 is 0 Å². The van der Waals surface area contributed by atoms with E-state index in [4.69, 9.17) is 0 Å². The quantitative estimate of drug-likeness (QED) is 0.847. The minimum absolute atomic E-state index is 0.0528. The summed E-state index contributed by atoms with van der Waals surface area (Å²) >= 11 is 0. The third-order valence-corrected chi connectivity index (χ3v) is 3.95. The second kappa shape index (κ2) is 7.25. The van der Waals surface area contributed by atoms with Crippen LogP contribution in [0.2, 0.25) is 0 Å². The molecule has 1 amide bonds. The number of ketones is 1. The van der Waals surface area contributed by atoms with Gasteiger partial charge in [-0.15, -0.1) is 0 Å². The molecule has 1 atom stereocenters. The van der Waals surface area contributed by atoms with E-state index in [9.17, 15) is 9.59 Å². The van der Waals surface area contributed by atoms with Crippen molar-refractivity contribution in [1.29, 1.82) is 0 Å². The highest BCUT2D eigenvalue weighted by molar-refractivity contribution is 5.94. The van der Waals surface area contributed by atoms with E-state index in [1.54, 1.807) is 13.0 Å². The highest BCUT2D eigenvalue weighted by atomic mass is 16.2. The Morgan fingerprint density at radius 1 is 1.38 bits per heavy atom. The highest BCUT2D eigenvalue weighted by Crippen LogP contribution is 2.16. The van der Waals surface area contributed by atoms with Gasteiger partial charge in [-0.3, -0.25) is 9.59 Å². The van der Waals surface area contributed by atoms with Crippen molar-refractivity contribution in [2.24, 2.45) is 5.92 Å². The van der Waals surface area contributed by atoms with Crippen LogP contribution in [0.4, 0.5) is 5.69 Å². The molecule has 4 heteroatoms. The van der Waals surface area contributed by atoms with E-state index in [0.29, 0.717) is 24.4 Å². The third-order valence-electron chi connectivity index (χ3n) is 3.95. The Balaban J connectivity index is 1.79. The molecular weight excluding hydrogens is 264 g/mol. The van der Waals surface area contributed by atoms with Gasteiger partial charge >= 0.3 is 0 Å². The molecule has 1 aromatic carbocycles. The average Bonchev–Trinajstić information content (AvgIpc) is 2.47. The average molecular weight is 288 g/mol. The van der Waals surface area contributed by atoms with Crippen LogP contribution >= 0.6 is 0 Å². The van der Waals surface area contributed by atoms with Crippen molar-refractivity contribution in [2.75, 3.05) is 25.0 Å². The molecule has 0 aromatic heterocycles. The van der Waals surface area contributed by atoms with Gasteiger partial charge in [0.05, 0.1) is 0 Å². The molecular formula is C17H24N2O2. The molecule has 1 aromatic rings. The molecule has 0 bridgehead atoms. The number of hydrogen-bond donors (Lipinski definition) is 1. The molecule has 1 N–H and O–H groups in total. The standard InChI is InChI=1S/C17H24N2O2/c1-13-5-4-10-19(12-13)17(21)8-9-18-16-7-3-6-15(11-16)14(2)20/h3,6-7,11,13,18H,4-5,8-10,12H2,1-2H3. The molecule has 21 heavy (non-hydrogen) atoms. The lowest BCUT2D eigenvalue weighted by Crippen LogP contribution is -2.39. The molecule has 1 aliphatic rings. The van der Waals surface area contributed by atoms with Crippen LogP contribution in [0.5, 0.6) is 0 Å². The van der Waals surface area contributed by atoms with Crippen LogP contribution in [0.25, 0.3) is 0 Å². The maximum Gasteiger partial charge on any atom is 0.224 e. The summed E-state index contributed by atoms with van der Waals surface area (Å²) in [5.74, 6) is 0.886. The first-order chi connectivity index (χ1) is 10.1. The number of nitrogens with one attached hydrogen (secondary N) is 1. The minimum atomic E-state index is 0.0528. The van der Waals surface area contributed by atoms with Gasteiger partial charge in [-0.05, 0) is 37.8 Å². The molecule has 0 spiro atoms. The Morgan fingerprint density at radius 2 is 2.19 bits per heavy atom. The summed E-state index contributed by atoms with van der Waals surface area (Å²) in [6, 6.07) is 7.40. The van der Waals surface area contributed by atoms with Crippen LogP contribution in [0.15, 0.2) is 24.3 Å². The molecule has 2 rings (SSSR count). The summed E-state index contributed by atoms with van der Waals surface area (Å²) < 4.78 is 0. The molecule has 4 nitrogen and oxygen atoms in total. The van der Waals surface area contributed by atoms with Gasteiger partial charge in [0.15, 0.2) is 5.78 Å². The first-order valence-corrected chi connectivity index (χ1v) is 7.69. The van der Waals surface area contributed by atoms with Crippen LogP contribution in [0.1, 0.15) is 43.5 Å². The fraction of sp³-hybridized carbons (Fsp3) is 0.529. The summed E-state index contributed by atoms with van der Waals surface area (Å²) in [6.45, 7) is 6.14. The van der Waals surface area contributed by atoms with Crippen molar-refractivity contribution < 1.29 is 9.59 Å². The van der Waals surface area contributed by atoms with Gasteiger partial charge in [-0.1, -0.05) is 19.1 Å². The Morgan fingerprint density at radius 3 is 2.90 bits per heavy atom. The zero-order chi connectivity index (χ0) is 15.2. The smallest absolute Gasteiger partial charge is 0.224 e. The first kappa shape index (κ1) is 15.5. The number of likely N-dealkylation sites (tertiary alicyclic amines) is 1. The van der Waals surface area contributed by atoms with E-state index in [2.05, 4.69) is 12.2 Å². The number of carbonyl (C=O) groups excluding carboxylic acids is 2. The maximum absolute atomic E-state index is 12.1. The predicted molar refractivity (Wildman–Crippen MR) is 84.5 cm³/mol. The molecule has 0 saturated carbocycles. The summed E-state index contributed by atoms with van der Waals surface area (Å²) in [4.78, 5) is 25.4. The van der Waals surface area contributed by atoms with Crippen LogP contribution in [0.3, 0.4) is 0 Å². The normalized spacial score (nSPS) is 18.4. The SMILES string of the molecule is CC(=O)c1cccc(NCCC(=O)N2CCCC(C)C2)c1. The molecule has 0 aliphatic carbocycles. The molecule has 114 valence electrons. The van der Waals surface area contributed by atoms with Gasteiger partial charge in [0.1, 0.15) is 0 Å². The Labute approximate surface area is 126 Å². The fourth-order valence-electron chi connectivity index (χ4n) is 2.74. The van der Waals surface area contributed by atoms with Gasteiger partial charge in [0, 0.05) is 37.3 Å². The minimum Gasteiger partial charge on any atom is -0.385 e. The Bertz CT molecular complexity index is 513. The zero-order valence-corrected chi connectivity index (χ0v) is 12.9. The monoisotopic (exact) mass is 288 g/mol. The summed E-state index contributed by atoms with van der Waals surface area (Å²) in [5.41, 5.74) is 1.58. The molecule has 0 radical (unpaired) electrons. The van der Waals surface area contributed by atoms with Gasteiger partial charge in [0.2, 0.25) is 5.91 Å². The van der Waals surface area contributed by atoms with Crippen LogP contribution in [-0.2, 0) is 4.79 Å². The lowest BCUT2D eigenvalue weighted by atomic mass is 10.00. The topological polar surface area (TPSA) is 49.4 Å². The lowest BCUT2D eigenvalue weighted by molar-refractivity contribution is -0.132. The number of rotatable bonds is 5.